The van der Waals surface area contributed by atoms with Crippen molar-refractivity contribution in [2.75, 3.05) is 32.0 Å². The van der Waals surface area contributed by atoms with Crippen LogP contribution in [0.25, 0.3) is 0 Å². The lowest BCUT2D eigenvalue weighted by Gasteiger charge is -2.38. The van der Waals surface area contributed by atoms with Crippen LogP contribution in [0.4, 0.5) is 11.4 Å². The summed E-state index contributed by atoms with van der Waals surface area (Å²) in [5, 5.41) is 22.8. The monoisotopic (exact) mass is 557 g/mol. The van der Waals surface area contributed by atoms with Crippen molar-refractivity contribution in [1.82, 2.24) is 25.5 Å². The number of aromatic nitrogens is 4. The number of benzene rings is 3. The smallest absolute Gasteiger partial charge is 0.255 e. The van der Waals surface area contributed by atoms with Crippen LogP contribution in [0.15, 0.2) is 60.7 Å². The number of nitrogens with one attached hydrogen (secondary N) is 3. The quantitative estimate of drug-likeness (QED) is 0.283. The van der Waals surface area contributed by atoms with Crippen LogP contribution in [0, 0.1) is 0 Å². The van der Waals surface area contributed by atoms with E-state index in [1.807, 2.05) is 82.3 Å². The van der Waals surface area contributed by atoms with Crippen molar-refractivity contribution in [3.05, 3.63) is 83.2 Å². The number of hydrogen-bond donors (Lipinski definition) is 3. The third-order valence-corrected chi connectivity index (χ3v) is 7.10. The summed E-state index contributed by atoms with van der Waals surface area (Å²) in [5.41, 5.74) is 2.78. The maximum atomic E-state index is 12.8. The molecule has 1 amide bonds. The molecule has 0 spiro atoms. The molecule has 4 aromatic rings. The zero-order chi connectivity index (χ0) is 29.4. The van der Waals surface area contributed by atoms with Gasteiger partial charge in [-0.3, -0.25) is 4.79 Å². The Kier molecular flexibility index (Phi) is 7.20. The molecule has 0 saturated carbocycles. The summed E-state index contributed by atoms with van der Waals surface area (Å²) < 4.78 is 18.6. The fourth-order valence-electron chi connectivity index (χ4n) is 5.01. The number of nitrogens with zero attached hydrogens (tertiary/aromatic N) is 4. The first kappa shape index (κ1) is 27.8. The number of hydrogen-bond acceptors (Lipinski definition) is 9. The minimum absolute atomic E-state index is 0.125. The molecule has 3 aromatic carbocycles. The molecule has 0 bridgehead atoms. The predicted molar refractivity (Wildman–Crippen MR) is 156 cm³/mol. The summed E-state index contributed by atoms with van der Waals surface area (Å²) in [6.07, 6.45) is 0. The van der Waals surface area contributed by atoms with Gasteiger partial charge in [0.2, 0.25) is 5.75 Å². The van der Waals surface area contributed by atoms with Gasteiger partial charge >= 0.3 is 0 Å². The largest absolute Gasteiger partial charge is 0.493 e. The maximum Gasteiger partial charge on any atom is 0.255 e. The van der Waals surface area contributed by atoms with Crippen LogP contribution in [-0.4, -0.2) is 47.4 Å². The van der Waals surface area contributed by atoms with Crippen molar-refractivity contribution in [3.63, 3.8) is 0 Å². The fraction of sp³-hybridized carbons (Fsp3) is 0.333. The fourth-order valence-corrected chi connectivity index (χ4v) is 5.01. The number of tetrazole rings is 1. The number of fused-ring (bicyclic) bond motifs is 1. The summed E-state index contributed by atoms with van der Waals surface area (Å²) in [5.74, 6) is 2.02. The highest BCUT2D eigenvalue weighted by atomic mass is 16.5. The van der Waals surface area contributed by atoms with Crippen LogP contribution in [0.5, 0.6) is 17.2 Å². The van der Waals surface area contributed by atoms with Gasteiger partial charge in [-0.25, -0.2) is 4.68 Å². The van der Waals surface area contributed by atoms with Gasteiger partial charge in [0.15, 0.2) is 17.3 Å². The van der Waals surface area contributed by atoms with E-state index in [9.17, 15) is 4.79 Å². The highest BCUT2D eigenvalue weighted by Gasteiger charge is 2.35. The molecular formula is C30H35N7O4. The number of ether oxygens (including phenoxy) is 3. The molecule has 1 aliphatic rings. The van der Waals surface area contributed by atoms with Crippen molar-refractivity contribution >= 4 is 17.3 Å². The lowest BCUT2D eigenvalue weighted by Crippen LogP contribution is -2.52. The maximum absolute atomic E-state index is 12.8. The van der Waals surface area contributed by atoms with Gasteiger partial charge in [0.05, 0.1) is 32.4 Å². The highest BCUT2D eigenvalue weighted by Crippen LogP contribution is 2.42. The van der Waals surface area contributed by atoms with E-state index >= 15 is 0 Å². The topological polar surface area (TPSA) is 124 Å². The lowest BCUT2D eigenvalue weighted by molar-refractivity contribution is 0.0906. The van der Waals surface area contributed by atoms with Crippen LogP contribution >= 0.6 is 0 Å². The number of carbonyl (C=O) groups excluding carboxylic acids is 1. The van der Waals surface area contributed by atoms with E-state index < -0.39 is 11.7 Å². The molecule has 11 heteroatoms. The van der Waals surface area contributed by atoms with Crippen molar-refractivity contribution in [2.45, 2.75) is 44.9 Å². The third-order valence-electron chi connectivity index (χ3n) is 7.10. The lowest BCUT2D eigenvalue weighted by atomic mass is 9.95. The molecule has 11 nitrogen and oxygen atoms in total. The Bertz CT molecular complexity index is 1540. The third kappa shape index (κ3) is 5.22. The van der Waals surface area contributed by atoms with Gasteiger partial charge in [-0.15, -0.1) is 5.10 Å². The Hall–Kier alpha value is -4.80. The number of rotatable bonds is 8. The summed E-state index contributed by atoms with van der Waals surface area (Å²) in [4.78, 5) is 12.8. The van der Waals surface area contributed by atoms with Crippen LogP contribution in [0.2, 0.25) is 0 Å². The Morgan fingerprint density at radius 2 is 1.59 bits per heavy atom. The standard InChI is InChI=1S/C30H35N7O4/c1-29(2,3)37-27(34-35-36-37)25(18-16-23(39-5)26(41-7)24(17-18)40-6)31-20-14-12-19(13-15-20)30(4)32-22-11-9-8-10-21(22)28(38)33-30/h8-17,25,31-32H,1-7H3,(H,33,38). The number of amides is 1. The molecule has 1 aromatic heterocycles. The van der Waals surface area contributed by atoms with Gasteiger partial charge in [0, 0.05) is 11.4 Å². The van der Waals surface area contributed by atoms with E-state index in [4.69, 9.17) is 14.2 Å². The second kappa shape index (κ2) is 10.6. The Morgan fingerprint density at radius 3 is 2.20 bits per heavy atom. The zero-order valence-corrected chi connectivity index (χ0v) is 24.3. The van der Waals surface area contributed by atoms with Gasteiger partial charge in [-0.05, 0) is 85.6 Å². The van der Waals surface area contributed by atoms with Crippen LogP contribution in [0.3, 0.4) is 0 Å². The molecule has 5 rings (SSSR count). The molecule has 3 N–H and O–H groups in total. The molecule has 2 heterocycles. The molecule has 0 fully saturated rings. The summed E-state index contributed by atoms with van der Waals surface area (Å²) in [7, 11) is 4.73. The number of methoxy groups -OCH3 is 3. The van der Waals surface area contributed by atoms with Gasteiger partial charge in [-0.2, -0.15) is 0 Å². The average molecular weight is 558 g/mol. The first-order chi connectivity index (χ1) is 19.6. The molecule has 2 atom stereocenters. The van der Waals surface area contributed by atoms with E-state index in [0.717, 1.165) is 22.5 Å². The number of carbonyl (C=O) groups is 1. The van der Waals surface area contributed by atoms with Gasteiger partial charge < -0.3 is 30.2 Å². The van der Waals surface area contributed by atoms with Crippen LogP contribution in [0.1, 0.15) is 61.0 Å². The van der Waals surface area contributed by atoms with Crippen molar-refractivity contribution in [3.8, 4) is 17.2 Å². The van der Waals surface area contributed by atoms with Gasteiger partial charge in [-0.1, -0.05) is 24.3 Å². The average Bonchev–Trinajstić information content (AvgIpc) is 3.46. The first-order valence-corrected chi connectivity index (χ1v) is 13.2. The number of anilines is 2. The highest BCUT2D eigenvalue weighted by molar-refractivity contribution is 6.02. The van der Waals surface area contributed by atoms with E-state index in [0.29, 0.717) is 28.6 Å². The second-order valence-corrected chi connectivity index (χ2v) is 11.0. The molecule has 0 aliphatic carbocycles. The molecule has 2 unspecified atom stereocenters. The number of para-hydroxylation sites is 1. The van der Waals surface area contributed by atoms with E-state index in [-0.39, 0.29) is 11.4 Å². The summed E-state index contributed by atoms with van der Waals surface area (Å²) in [6.45, 7) is 8.06. The second-order valence-electron chi connectivity index (χ2n) is 11.0. The van der Waals surface area contributed by atoms with Gasteiger partial charge in [0.25, 0.3) is 5.91 Å². The summed E-state index contributed by atoms with van der Waals surface area (Å²) >= 11 is 0. The molecule has 0 radical (unpaired) electrons. The SMILES string of the molecule is COc1cc(C(Nc2ccc(C3(C)NC(=O)c4ccccc4N3)cc2)c2nnnn2C(C)(C)C)cc(OC)c1OC. The summed E-state index contributed by atoms with van der Waals surface area (Å²) in [6, 6.07) is 18.6. The Labute approximate surface area is 239 Å². The normalized spacial score (nSPS) is 17.1. The van der Waals surface area contributed by atoms with Crippen molar-refractivity contribution in [1.29, 1.82) is 0 Å². The van der Waals surface area contributed by atoms with E-state index in [1.54, 1.807) is 32.1 Å². The zero-order valence-electron chi connectivity index (χ0n) is 24.3. The minimum atomic E-state index is -0.781. The molecule has 41 heavy (non-hydrogen) atoms. The van der Waals surface area contributed by atoms with Crippen LogP contribution < -0.4 is 30.2 Å². The van der Waals surface area contributed by atoms with E-state index in [1.165, 1.54) is 0 Å². The van der Waals surface area contributed by atoms with E-state index in [2.05, 4.69) is 31.5 Å². The molecule has 0 saturated heterocycles. The van der Waals surface area contributed by atoms with Crippen molar-refractivity contribution in [2.24, 2.45) is 0 Å². The Morgan fingerprint density at radius 1 is 0.927 bits per heavy atom. The molecule has 214 valence electrons. The van der Waals surface area contributed by atoms with Crippen molar-refractivity contribution < 1.29 is 19.0 Å². The first-order valence-electron chi connectivity index (χ1n) is 13.2. The predicted octanol–water partition coefficient (Wildman–Crippen LogP) is 4.68. The van der Waals surface area contributed by atoms with Crippen LogP contribution in [-0.2, 0) is 11.2 Å². The van der Waals surface area contributed by atoms with Gasteiger partial charge in [0.1, 0.15) is 11.7 Å². The Balaban J connectivity index is 1.52. The minimum Gasteiger partial charge on any atom is -0.493 e. The molecule has 1 aliphatic heterocycles. The molecular weight excluding hydrogens is 522 g/mol.